The lowest BCUT2D eigenvalue weighted by Crippen LogP contribution is -2.33. The normalized spacial score (nSPS) is 11.3. The second kappa shape index (κ2) is 8.39. The maximum Gasteiger partial charge on any atom is 0.240 e. The Morgan fingerprint density at radius 1 is 0.926 bits per heavy atom. The van der Waals surface area contributed by atoms with Crippen LogP contribution in [0, 0.1) is 0 Å². The molecule has 0 bridgehead atoms. The summed E-state index contributed by atoms with van der Waals surface area (Å²) in [6.07, 6.45) is -0.0135. The van der Waals surface area contributed by atoms with Gasteiger partial charge in [-0.25, -0.2) is 13.1 Å². The van der Waals surface area contributed by atoms with Crippen LogP contribution in [0.2, 0.25) is 5.02 Å². The van der Waals surface area contributed by atoms with Gasteiger partial charge in [-0.1, -0.05) is 48.0 Å². The third-order valence-corrected chi connectivity index (χ3v) is 5.54. The van der Waals surface area contributed by atoms with Crippen LogP contribution >= 0.6 is 11.6 Å². The van der Waals surface area contributed by atoms with Gasteiger partial charge in [0.05, 0.1) is 10.6 Å². The average molecular weight is 404 g/mol. The van der Waals surface area contributed by atoms with Crippen LogP contribution in [0.1, 0.15) is 6.42 Å². The van der Waals surface area contributed by atoms with Crippen LogP contribution in [-0.4, -0.2) is 20.9 Å². The van der Waals surface area contributed by atoms with Crippen LogP contribution in [0.3, 0.4) is 0 Å². The number of anilines is 1. The fourth-order valence-corrected chi connectivity index (χ4v) is 3.74. The van der Waals surface area contributed by atoms with E-state index < -0.39 is 10.0 Å². The molecular formula is C19H18ClN3O3S. The Balaban J connectivity index is 1.53. The molecule has 3 N–H and O–H groups in total. The van der Waals surface area contributed by atoms with Crippen molar-refractivity contribution in [2.75, 3.05) is 12.0 Å². The van der Waals surface area contributed by atoms with Crippen molar-refractivity contribution < 1.29 is 13.2 Å². The first kappa shape index (κ1) is 19.2. The molecule has 6 nitrogen and oxygen atoms in total. The van der Waals surface area contributed by atoms with Crippen LogP contribution in [-0.2, 0) is 14.8 Å². The number of hydrogen-bond donors (Lipinski definition) is 3. The predicted molar refractivity (Wildman–Crippen MR) is 107 cm³/mol. The molecule has 0 aliphatic heterocycles. The van der Waals surface area contributed by atoms with Gasteiger partial charge in [0.25, 0.3) is 0 Å². The molecule has 0 atom stereocenters. The summed E-state index contributed by atoms with van der Waals surface area (Å²) < 4.78 is 27.2. The molecule has 8 heteroatoms. The summed E-state index contributed by atoms with van der Waals surface area (Å²) in [7, 11) is -3.69. The van der Waals surface area contributed by atoms with Crippen molar-refractivity contribution >= 4 is 44.0 Å². The second-order valence-electron chi connectivity index (χ2n) is 5.84. The van der Waals surface area contributed by atoms with Crippen LogP contribution in [0.15, 0.2) is 71.6 Å². The topological polar surface area (TPSA) is 87.3 Å². The largest absolute Gasteiger partial charge is 0.299 e. The number of halogens is 1. The van der Waals surface area contributed by atoms with E-state index in [-0.39, 0.29) is 23.8 Å². The van der Waals surface area contributed by atoms with Crippen molar-refractivity contribution in [2.24, 2.45) is 0 Å². The molecule has 0 saturated carbocycles. The van der Waals surface area contributed by atoms with E-state index in [1.165, 1.54) is 0 Å². The fraction of sp³-hybridized carbons (Fsp3) is 0.105. The molecule has 3 rings (SSSR count). The molecule has 0 radical (unpaired) electrons. The third kappa shape index (κ3) is 5.19. The molecule has 0 aliphatic carbocycles. The minimum Gasteiger partial charge on any atom is -0.299 e. The molecule has 27 heavy (non-hydrogen) atoms. The van der Waals surface area contributed by atoms with Gasteiger partial charge in [0.2, 0.25) is 15.9 Å². The van der Waals surface area contributed by atoms with Crippen LogP contribution in [0.25, 0.3) is 10.8 Å². The van der Waals surface area contributed by atoms with Crippen LogP contribution in [0.5, 0.6) is 0 Å². The summed E-state index contributed by atoms with van der Waals surface area (Å²) in [4.78, 5) is 12.0. The molecule has 3 aromatic carbocycles. The molecule has 3 aromatic rings. The number of rotatable bonds is 7. The Labute approximate surface area is 162 Å². The third-order valence-electron chi connectivity index (χ3n) is 3.85. The molecule has 0 unspecified atom stereocenters. The number of fused-ring (bicyclic) bond motifs is 1. The number of sulfonamides is 1. The van der Waals surface area contributed by atoms with E-state index >= 15 is 0 Å². The van der Waals surface area contributed by atoms with Crippen molar-refractivity contribution in [3.63, 3.8) is 0 Å². The predicted octanol–water partition coefficient (Wildman–Crippen LogP) is 3.30. The van der Waals surface area contributed by atoms with Crippen molar-refractivity contribution in [3.8, 4) is 0 Å². The lowest BCUT2D eigenvalue weighted by atomic mass is 10.1. The number of carbonyl (C=O) groups is 1. The van der Waals surface area contributed by atoms with E-state index in [0.29, 0.717) is 10.7 Å². The van der Waals surface area contributed by atoms with Gasteiger partial charge in [-0.05, 0) is 41.1 Å². The Hall–Kier alpha value is -2.61. The number of hydrazine groups is 1. The fourth-order valence-electron chi connectivity index (χ4n) is 2.49. The van der Waals surface area contributed by atoms with Gasteiger partial charge in [-0.2, -0.15) is 0 Å². The van der Waals surface area contributed by atoms with Crippen molar-refractivity contribution in [2.45, 2.75) is 11.3 Å². The second-order valence-corrected chi connectivity index (χ2v) is 8.04. The standard InChI is InChI=1S/C19H18ClN3O3S/c20-16-6-3-7-17(13-16)22-23-19(24)10-11-21-27(25,26)18-9-8-14-4-1-2-5-15(14)12-18/h1-9,12-13,21-22H,10-11H2,(H,23,24). The Bertz CT molecular complexity index is 1070. The van der Waals surface area contributed by atoms with E-state index in [9.17, 15) is 13.2 Å². The summed E-state index contributed by atoms with van der Waals surface area (Å²) in [5.41, 5.74) is 5.85. The molecule has 0 saturated heterocycles. The van der Waals surface area contributed by atoms with Crippen LogP contribution in [0.4, 0.5) is 5.69 Å². The van der Waals surface area contributed by atoms with Gasteiger partial charge >= 0.3 is 0 Å². The maximum absolute atomic E-state index is 12.4. The molecule has 140 valence electrons. The zero-order valence-corrected chi connectivity index (χ0v) is 15.8. The highest BCUT2D eigenvalue weighted by Gasteiger charge is 2.14. The maximum atomic E-state index is 12.4. The van der Waals surface area contributed by atoms with Gasteiger partial charge in [-0.3, -0.25) is 15.6 Å². The van der Waals surface area contributed by atoms with Crippen LogP contribution < -0.4 is 15.6 Å². The highest BCUT2D eigenvalue weighted by atomic mass is 35.5. The molecule has 1 amide bonds. The first-order chi connectivity index (χ1) is 12.9. The summed E-state index contributed by atoms with van der Waals surface area (Å²) in [6, 6.07) is 19.3. The Morgan fingerprint density at radius 3 is 2.48 bits per heavy atom. The number of benzene rings is 3. The Kier molecular flexibility index (Phi) is 5.95. The zero-order valence-electron chi connectivity index (χ0n) is 14.3. The van der Waals surface area contributed by atoms with E-state index in [1.807, 2.05) is 24.3 Å². The lowest BCUT2D eigenvalue weighted by molar-refractivity contribution is -0.120. The minimum absolute atomic E-state index is 0.0135. The van der Waals surface area contributed by atoms with E-state index in [4.69, 9.17) is 11.6 Å². The summed E-state index contributed by atoms with van der Waals surface area (Å²) in [5.74, 6) is -0.351. The van der Waals surface area contributed by atoms with Gasteiger partial charge < -0.3 is 0 Å². The first-order valence-corrected chi connectivity index (χ1v) is 10.1. The highest BCUT2D eigenvalue weighted by Crippen LogP contribution is 2.18. The number of nitrogens with one attached hydrogen (secondary N) is 3. The molecule has 0 aliphatic rings. The molecule has 0 fully saturated rings. The molecule has 0 heterocycles. The minimum atomic E-state index is -3.69. The van der Waals surface area contributed by atoms with Gasteiger partial charge in [-0.15, -0.1) is 0 Å². The smallest absolute Gasteiger partial charge is 0.240 e. The molecular weight excluding hydrogens is 386 g/mol. The first-order valence-electron chi connectivity index (χ1n) is 8.23. The van der Waals surface area contributed by atoms with E-state index in [1.54, 1.807) is 42.5 Å². The SMILES string of the molecule is O=C(CCNS(=O)(=O)c1ccc2ccccc2c1)NNc1cccc(Cl)c1. The zero-order chi connectivity index (χ0) is 19.3. The number of amides is 1. The van der Waals surface area contributed by atoms with Crippen molar-refractivity contribution in [1.29, 1.82) is 0 Å². The monoisotopic (exact) mass is 403 g/mol. The molecule has 0 spiro atoms. The van der Waals surface area contributed by atoms with Gasteiger partial charge in [0.1, 0.15) is 0 Å². The number of carbonyl (C=O) groups excluding carboxylic acids is 1. The highest BCUT2D eigenvalue weighted by molar-refractivity contribution is 7.89. The molecule has 0 aromatic heterocycles. The van der Waals surface area contributed by atoms with Crippen molar-refractivity contribution in [1.82, 2.24) is 10.1 Å². The van der Waals surface area contributed by atoms with Gasteiger partial charge in [0.15, 0.2) is 0 Å². The summed E-state index contributed by atoms with van der Waals surface area (Å²) in [6.45, 7) is -0.0157. The lowest BCUT2D eigenvalue weighted by Gasteiger charge is -2.10. The Morgan fingerprint density at radius 2 is 1.70 bits per heavy atom. The average Bonchev–Trinajstić information content (AvgIpc) is 2.66. The number of hydrogen-bond acceptors (Lipinski definition) is 4. The van der Waals surface area contributed by atoms with E-state index in [2.05, 4.69) is 15.6 Å². The van der Waals surface area contributed by atoms with Crippen molar-refractivity contribution in [3.05, 3.63) is 71.8 Å². The summed E-state index contributed by atoms with van der Waals surface area (Å²) >= 11 is 5.86. The quantitative estimate of drug-likeness (QED) is 0.528. The van der Waals surface area contributed by atoms with E-state index in [0.717, 1.165) is 10.8 Å². The van der Waals surface area contributed by atoms with Gasteiger partial charge in [0, 0.05) is 18.0 Å². The summed E-state index contributed by atoms with van der Waals surface area (Å²) in [5, 5.41) is 2.34.